The molecule has 0 spiro atoms. The molecular weight excluding hydrogens is 120 g/mol. The minimum absolute atomic E-state index is 0.198. The van der Waals surface area contributed by atoms with Gasteiger partial charge in [-0.2, -0.15) is 0 Å². The lowest BCUT2D eigenvalue weighted by Crippen LogP contribution is -1.86. The van der Waals surface area contributed by atoms with Gasteiger partial charge in [0.25, 0.3) is 0 Å². The van der Waals surface area contributed by atoms with Crippen LogP contribution in [0.4, 0.5) is 0 Å². The predicted molar refractivity (Wildman–Crippen MR) is 32.8 cm³/mol. The van der Waals surface area contributed by atoms with Crippen molar-refractivity contribution in [3.63, 3.8) is 0 Å². The van der Waals surface area contributed by atoms with Crippen LogP contribution in [0.25, 0.3) is 0 Å². The summed E-state index contributed by atoms with van der Waals surface area (Å²) in [6.07, 6.45) is 0.684. The topological polar surface area (TPSA) is 20.2 Å². The molecule has 8 heavy (non-hydrogen) atoms. The molecule has 0 aliphatic rings. The molecule has 0 saturated carbocycles. The fraction of sp³-hybridized carbons (Fsp3) is 0.333. The Labute approximate surface area is 52.6 Å². The molecule has 1 heterocycles. The third-order valence-electron chi connectivity index (χ3n) is 0.836. The Hall–Kier alpha value is -0.340. The molecule has 0 aliphatic carbocycles. The zero-order chi connectivity index (χ0) is 5.82. The second kappa shape index (κ2) is 2.84. The Morgan fingerprint density at radius 2 is 2.62 bits per heavy atom. The lowest BCUT2D eigenvalue weighted by atomic mass is 10.3. The molecule has 1 aromatic rings. The molecule has 0 bridgehead atoms. The zero-order valence-electron chi connectivity index (χ0n) is 4.35. The summed E-state index contributed by atoms with van der Waals surface area (Å²) in [5.41, 5.74) is 0.984. The standard InChI is InChI=1S/C6H6OS/c7-3-1-6-2-4-8-5-6/h4,7H,1,3H2. The van der Waals surface area contributed by atoms with Gasteiger partial charge in [0.05, 0.1) is 0 Å². The normalized spacial score (nSPS) is 9.62. The first-order chi connectivity index (χ1) is 3.93. The summed E-state index contributed by atoms with van der Waals surface area (Å²) in [4.78, 5) is 0. The van der Waals surface area contributed by atoms with Crippen molar-refractivity contribution in [3.05, 3.63) is 22.4 Å². The fourth-order valence-electron chi connectivity index (χ4n) is 0.466. The van der Waals surface area contributed by atoms with Crippen LogP contribution in [0.1, 0.15) is 5.56 Å². The van der Waals surface area contributed by atoms with E-state index in [2.05, 4.69) is 11.4 Å². The van der Waals surface area contributed by atoms with Crippen LogP contribution in [0.3, 0.4) is 0 Å². The van der Waals surface area contributed by atoms with Gasteiger partial charge in [0.1, 0.15) is 0 Å². The molecule has 2 radical (unpaired) electrons. The Bertz CT molecular complexity index is 134. The summed E-state index contributed by atoms with van der Waals surface area (Å²) in [5.74, 6) is 0. The third kappa shape index (κ3) is 1.32. The minimum atomic E-state index is 0.198. The number of thiophene rings is 1. The van der Waals surface area contributed by atoms with Gasteiger partial charge >= 0.3 is 0 Å². The Morgan fingerprint density at radius 1 is 1.75 bits per heavy atom. The van der Waals surface area contributed by atoms with E-state index in [1.807, 2.05) is 5.38 Å². The van der Waals surface area contributed by atoms with Gasteiger partial charge in [0, 0.05) is 12.0 Å². The Morgan fingerprint density at radius 3 is 3.12 bits per heavy atom. The number of aliphatic hydroxyl groups excluding tert-OH is 1. The van der Waals surface area contributed by atoms with E-state index in [4.69, 9.17) is 5.11 Å². The first kappa shape index (κ1) is 5.79. The van der Waals surface area contributed by atoms with Crippen molar-refractivity contribution in [1.82, 2.24) is 0 Å². The van der Waals surface area contributed by atoms with Crippen molar-refractivity contribution >= 4 is 11.3 Å². The lowest BCUT2D eigenvalue weighted by Gasteiger charge is -1.84. The van der Waals surface area contributed by atoms with Gasteiger partial charge in [-0.1, -0.05) is 0 Å². The van der Waals surface area contributed by atoms with Gasteiger partial charge in [0.2, 0.25) is 0 Å². The van der Waals surface area contributed by atoms with Gasteiger partial charge in [-0.05, 0) is 23.4 Å². The van der Waals surface area contributed by atoms with Gasteiger partial charge in [-0.25, -0.2) is 0 Å². The Kier molecular flexibility index (Phi) is 2.06. The van der Waals surface area contributed by atoms with E-state index in [-0.39, 0.29) is 6.61 Å². The highest BCUT2D eigenvalue weighted by atomic mass is 32.1. The fourth-order valence-corrected chi connectivity index (χ4v) is 1.03. The monoisotopic (exact) mass is 126 g/mol. The van der Waals surface area contributed by atoms with E-state index < -0.39 is 0 Å². The van der Waals surface area contributed by atoms with E-state index in [9.17, 15) is 0 Å². The van der Waals surface area contributed by atoms with Crippen LogP contribution >= 0.6 is 11.3 Å². The molecule has 0 fully saturated rings. The second-order valence-corrected chi connectivity index (χ2v) is 2.11. The summed E-state index contributed by atoms with van der Waals surface area (Å²) in [6, 6.07) is 2.94. The minimum Gasteiger partial charge on any atom is -0.396 e. The molecule has 2 heteroatoms. The van der Waals surface area contributed by atoms with Gasteiger partial charge < -0.3 is 5.11 Å². The third-order valence-corrected chi connectivity index (χ3v) is 1.44. The molecule has 0 atom stereocenters. The van der Waals surface area contributed by atoms with Crippen molar-refractivity contribution < 1.29 is 5.11 Å². The molecular formula is C6H6OS. The first-order valence-corrected chi connectivity index (χ1v) is 3.28. The molecule has 1 N–H and O–H groups in total. The second-order valence-electron chi connectivity index (χ2n) is 1.43. The smallest absolute Gasteiger partial charge is 0.0484 e. The molecule has 1 rings (SSSR count). The molecule has 1 nitrogen and oxygen atoms in total. The SMILES string of the molecule is OCCc1[c]cs[c]1. The van der Waals surface area contributed by atoms with Crippen LogP contribution in [0.5, 0.6) is 0 Å². The molecule has 42 valence electrons. The first-order valence-electron chi connectivity index (χ1n) is 2.40. The predicted octanol–water partition coefficient (Wildman–Crippen LogP) is 0.883. The number of aliphatic hydroxyl groups is 1. The van der Waals surface area contributed by atoms with E-state index in [0.29, 0.717) is 6.42 Å². The van der Waals surface area contributed by atoms with Crippen LogP contribution in [0.2, 0.25) is 0 Å². The van der Waals surface area contributed by atoms with E-state index in [1.54, 1.807) is 0 Å². The van der Waals surface area contributed by atoms with Gasteiger partial charge in [-0.15, -0.1) is 11.3 Å². The average molecular weight is 126 g/mol. The summed E-state index contributed by atoms with van der Waals surface area (Å²) in [7, 11) is 0. The maximum atomic E-state index is 8.40. The van der Waals surface area contributed by atoms with Crippen molar-refractivity contribution in [2.24, 2.45) is 0 Å². The molecule has 0 aromatic carbocycles. The largest absolute Gasteiger partial charge is 0.396 e. The number of hydrogen-bond donors (Lipinski definition) is 1. The molecule has 0 aliphatic heterocycles. The highest BCUT2D eigenvalue weighted by Crippen LogP contribution is 2.02. The van der Waals surface area contributed by atoms with Crippen LogP contribution in [0, 0.1) is 11.4 Å². The maximum Gasteiger partial charge on any atom is 0.0484 e. The quantitative estimate of drug-likeness (QED) is 0.623. The van der Waals surface area contributed by atoms with Crippen molar-refractivity contribution in [1.29, 1.82) is 0 Å². The highest BCUT2D eigenvalue weighted by Gasteiger charge is 1.89. The molecule has 0 unspecified atom stereocenters. The number of rotatable bonds is 2. The van der Waals surface area contributed by atoms with E-state index in [1.165, 1.54) is 11.3 Å². The lowest BCUT2D eigenvalue weighted by molar-refractivity contribution is 0.299. The number of hydrogen-bond acceptors (Lipinski definition) is 2. The molecule has 0 amide bonds. The van der Waals surface area contributed by atoms with Gasteiger partial charge in [-0.3, -0.25) is 0 Å². The zero-order valence-corrected chi connectivity index (χ0v) is 5.16. The highest BCUT2D eigenvalue weighted by molar-refractivity contribution is 7.07. The Balaban J connectivity index is 2.50. The van der Waals surface area contributed by atoms with Crippen LogP contribution in [0.15, 0.2) is 5.38 Å². The van der Waals surface area contributed by atoms with Crippen molar-refractivity contribution in [3.8, 4) is 0 Å². The van der Waals surface area contributed by atoms with Gasteiger partial charge in [0.15, 0.2) is 0 Å². The molecule has 1 aromatic heterocycles. The summed E-state index contributed by atoms with van der Waals surface area (Å²) in [5, 5.41) is 13.2. The van der Waals surface area contributed by atoms with E-state index in [0.717, 1.165) is 5.56 Å². The molecule has 0 saturated heterocycles. The van der Waals surface area contributed by atoms with E-state index >= 15 is 0 Å². The van der Waals surface area contributed by atoms with Crippen molar-refractivity contribution in [2.75, 3.05) is 6.61 Å². The van der Waals surface area contributed by atoms with Crippen LogP contribution in [-0.2, 0) is 6.42 Å². The maximum absolute atomic E-state index is 8.40. The summed E-state index contributed by atoms with van der Waals surface area (Å²) in [6.45, 7) is 0.198. The van der Waals surface area contributed by atoms with Crippen LogP contribution in [-0.4, -0.2) is 11.7 Å². The summed E-state index contributed by atoms with van der Waals surface area (Å²) < 4.78 is 0. The van der Waals surface area contributed by atoms with Crippen LogP contribution < -0.4 is 0 Å². The average Bonchev–Trinajstić information content (AvgIpc) is 2.19. The summed E-state index contributed by atoms with van der Waals surface area (Å²) >= 11 is 1.49. The van der Waals surface area contributed by atoms with Crippen molar-refractivity contribution in [2.45, 2.75) is 6.42 Å².